The normalized spacial score (nSPS) is 17.0. The second-order valence-corrected chi connectivity index (χ2v) is 6.89. The molecule has 1 fully saturated rings. The minimum absolute atomic E-state index is 0.245. The molecule has 0 atom stereocenters. The first kappa shape index (κ1) is 14.7. The van der Waals surface area contributed by atoms with Crippen LogP contribution < -0.4 is 0 Å². The van der Waals surface area contributed by atoms with Crippen molar-refractivity contribution >= 4 is 33.2 Å². The molecule has 21 heavy (non-hydrogen) atoms. The van der Waals surface area contributed by atoms with Gasteiger partial charge in [-0.2, -0.15) is 4.98 Å². The predicted octanol–water partition coefficient (Wildman–Crippen LogP) is 3.94. The number of halogens is 1. The highest BCUT2D eigenvalue weighted by Crippen LogP contribution is 2.42. The highest BCUT2D eigenvalue weighted by molar-refractivity contribution is 9.10. The lowest BCUT2D eigenvalue weighted by Crippen LogP contribution is -2.35. The summed E-state index contributed by atoms with van der Waals surface area (Å²) >= 11 is 4.93. The number of rotatable bonds is 4. The summed E-state index contributed by atoms with van der Waals surface area (Å²) in [6, 6.07) is 1.94. The number of ether oxygens (including phenoxy) is 1. The second-order valence-electron chi connectivity index (χ2n) is 5.06. The fourth-order valence-electron chi connectivity index (χ4n) is 2.70. The van der Waals surface area contributed by atoms with E-state index in [0.29, 0.717) is 31.2 Å². The van der Waals surface area contributed by atoms with Crippen molar-refractivity contribution in [3.63, 3.8) is 0 Å². The lowest BCUT2D eigenvalue weighted by Gasteiger charge is -2.21. The van der Waals surface area contributed by atoms with E-state index in [1.165, 1.54) is 11.3 Å². The minimum atomic E-state index is -0.754. The third-order valence-corrected chi connectivity index (χ3v) is 5.43. The smallest absolute Gasteiger partial charge is 0.321 e. The summed E-state index contributed by atoms with van der Waals surface area (Å²) in [5.74, 6) is 0.666. The van der Waals surface area contributed by atoms with Crippen molar-refractivity contribution in [2.24, 2.45) is 0 Å². The number of nitrogens with zero attached hydrogens (tertiary/aromatic N) is 2. The number of carbonyl (C=O) groups is 1. The van der Waals surface area contributed by atoms with Crippen LogP contribution in [0.4, 0.5) is 0 Å². The fourth-order valence-corrected chi connectivity index (χ4v) is 4.05. The van der Waals surface area contributed by atoms with E-state index in [-0.39, 0.29) is 5.97 Å². The molecule has 0 amide bonds. The lowest BCUT2D eigenvalue weighted by molar-refractivity contribution is -0.151. The van der Waals surface area contributed by atoms with Crippen LogP contribution in [0.1, 0.15) is 38.5 Å². The highest BCUT2D eigenvalue weighted by Gasteiger charge is 2.49. The molecule has 1 aliphatic carbocycles. The van der Waals surface area contributed by atoms with Gasteiger partial charge in [-0.15, -0.1) is 11.3 Å². The van der Waals surface area contributed by atoms with Crippen LogP contribution in [0.15, 0.2) is 20.4 Å². The lowest BCUT2D eigenvalue weighted by atomic mass is 9.86. The average Bonchev–Trinajstić information content (AvgIpc) is 3.18. The van der Waals surface area contributed by atoms with E-state index in [1.54, 1.807) is 0 Å². The Kier molecular flexibility index (Phi) is 4.12. The first-order valence-corrected chi connectivity index (χ1v) is 8.59. The molecule has 0 N–H and O–H groups in total. The molecule has 2 heterocycles. The third kappa shape index (κ3) is 2.64. The van der Waals surface area contributed by atoms with E-state index in [0.717, 1.165) is 22.2 Å². The number of hydrogen-bond donors (Lipinski definition) is 0. The molecule has 0 unspecified atom stereocenters. The van der Waals surface area contributed by atoms with Gasteiger partial charge in [-0.05, 0) is 41.8 Å². The summed E-state index contributed by atoms with van der Waals surface area (Å²) < 4.78 is 11.6. The summed E-state index contributed by atoms with van der Waals surface area (Å²) in [4.78, 5) is 17.7. The van der Waals surface area contributed by atoms with E-state index >= 15 is 0 Å². The largest absolute Gasteiger partial charge is 0.465 e. The SMILES string of the molecule is CCOC(=O)C1(c2nc(-c3cc(Br)cs3)no2)CCCC1. The molecule has 112 valence electrons. The maximum atomic E-state index is 12.4. The average molecular weight is 371 g/mol. The van der Waals surface area contributed by atoms with Crippen molar-refractivity contribution in [1.29, 1.82) is 0 Å². The number of carbonyl (C=O) groups excluding carboxylic acids is 1. The van der Waals surface area contributed by atoms with Gasteiger partial charge in [0.1, 0.15) is 5.41 Å². The molecular formula is C14H15BrN2O3S. The zero-order valence-corrected chi connectivity index (χ0v) is 14.0. The van der Waals surface area contributed by atoms with Gasteiger partial charge in [0.05, 0.1) is 11.5 Å². The predicted molar refractivity (Wildman–Crippen MR) is 82.1 cm³/mol. The molecule has 0 aliphatic heterocycles. The van der Waals surface area contributed by atoms with E-state index in [1.807, 2.05) is 18.4 Å². The Bertz CT molecular complexity index is 646. The summed E-state index contributed by atoms with van der Waals surface area (Å²) in [5.41, 5.74) is -0.754. The van der Waals surface area contributed by atoms with Crippen LogP contribution in [0.2, 0.25) is 0 Å². The standard InChI is InChI=1S/C14H15BrN2O3S/c1-2-19-13(18)14(5-3-4-6-14)12-16-11(17-20-12)10-7-9(15)8-21-10/h7-8H,2-6H2,1H3. The molecule has 0 saturated heterocycles. The van der Waals surface area contributed by atoms with Crippen LogP contribution in [-0.2, 0) is 14.9 Å². The molecule has 1 aliphatic rings. The maximum absolute atomic E-state index is 12.4. The fraction of sp³-hybridized carbons (Fsp3) is 0.500. The molecular weight excluding hydrogens is 356 g/mol. The number of esters is 1. The Balaban J connectivity index is 1.94. The summed E-state index contributed by atoms with van der Waals surface area (Å²) in [5, 5.41) is 5.99. The van der Waals surface area contributed by atoms with Crippen molar-refractivity contribution in [3.8, 4) is 10.7 Å². The van der Waals surface area contributed by atoms with Crippen LogP contribution in [0.3, 0.4) is 0 Å². The number of aromatic nitrogens is 2. The Morgan fingerprint density at radius 2 is 2.29 bits per heavy atom. The van der Waals surface area contributed by atoms with Crippen LogP contribution in [0.5, 0.6) is 0 Å². The molecule has 2 aromatic heterocycles. The topological polar surface area (TPSA) is 65.2 Å². The minimum Gasteiger partial charge on any atom is -0.465 e. The van der Waals surface area contributed by atoms with Gasteiger partial charge >= 0.3 is 5.97 Å². The Labute approximate surface area is 134 Å². The maximum Gasteiger partial charge on any atom is 0.321 e. The molecule has 7 heteroatoms. The van der Waals surface area contributed by atoms with Gasteiger partial charge < -0.3 is 9.26 Å². The Hall–Kier alpha value is -1.21. The number of thiophene rings is 1. The molecule has 0 spiro atoms. The zero-order chi connectivity index (χ0) is 14.9. The first-order valence-electron chi connectivity index (χ1n) is 6.91. The van der Waals surface area contributed by atoms with Gasteiger partial charge in [0, 0.05) is 9.85 Å². The van der Waals surface area contributed by atoms with Crippen molar-refractivity contribution in [1.82, 2.24) is 10.1 Å². The summed E-state index contributed by atoms with van der Waals surface area (Å²) in [7, 11) is 0. The highest BCUT2D eigenvalue weighted by atomic mass is 79.9. The van der Waals surface area contributed by atoms with Gasteiger partial charge in [0.2, 0.25) is 11.7 Å². The van der Waals surface area contributed by atoms with Crippen molar-refractivity contribution in [2.75, 3.05) is 6.61 Å². The van der Waals surface area contributed by atoms with E-state index in [4.69, 9.17) is 9.26 Å². The molecule has 2 aromatic rings. The van der Waals surface area contributed by atoms with Gasteiger partial charge in [-0.3, -0.25) is 4.79 Å². The van der Waals surface area contributed by atoms with Gasteiger partial charge in [-0.25, -0.2) is 0 Å². The van der Waals surface area contributed by atoms with Crippen LogP contribution in [0, 0.1) is 0 Å². The molecule has 1 saturated carbocycles. The molecule has 0 radical (unpaired) electrons. The van der Waals surface area contributed by atoms with Gasteiger partial charge in [-0.1, -0.05) is 18.0 Å². The third-order valence-electron chi connectivity index (χ3n) is 3.75. The Morgan fingerprint density at radius 3 is 2.90 bits per heavy atom. The van der Waals surface area contributed by atoms with Gasteiger partial charge in [0.15, 0.2) is 0 Å². The van der Waals surface area contributed by atoms with E-state index in [9.17, 15) is 4.79 Å². The van der Waals surface area contributed by atoms with Crippen LogP contribution in [-0.4, -0.2) is 22.7 Å². The molecule has 0 bridgehead atoms. The van der Waals surface area contributed by atoms with Crippen LogP contribution >= 0.6 is 27.3 Å². The van der Waals surface area contributed by atoms with Crippen molar-refractivity contribution in [3.05, 3.63) is 21.8 Å². The Morgan fingerprint density at radius 1 is 1.52 bits per heavy atom. The second kappa shape index (κ2) is 5.88. The van der Waals surface area contributed by atoms with E-state index in [2.05, 4.69) is 26.1 Å². The summed E-state index contributed by atoms with van der Waals surface area (Å²) in [6.07, 6.45) is 3.37. The number of hydrogen-bond acceptors (Lipinski definition) is 6. The van der Waals surface area contributed by atoms with E-state index < -0.39 is 5.41 Å². The quantitative estimate of drug-likeness (QED) is 0.762. The van der Waals surface area contributed by atoms with Crippen molar-refractivity contribution in [2.45, 2.75) is 38.0 Å². The van der Waals surface area contributed by atoms with Crippen molar-refractivity contribution < 1.29 is 14.1 Å². The molecule has 0 aromatic carbocycles. The molecule has 5 nitrogen and oxygen atoms in total. The van der Waals surface area contributed by atoms with Crippen LogP contribution in [0.25, 0.3) is 10.7 Å². The zero-order valence-electron chi connectivity index (χ0n) is 11.6. The monoisotopic (exact) mass is 370 g/mol. The first-order chi connectivity index (χ1) is 10.2. The van der Waals surface area contributed by atoms with Gasteiger partial charge in [0.25, 0.3) is 0 Å². The molecule has 3 rings (SSSR count). The summed E-state index contributed by atoms with van der Waals surface area (Å²) in [6.45, 7) is 2.17.